The van der Waals surface area contributed by atoms with Crippen LogP contribution in [0, 0.1) is 5.82 Å². The molecule has 2 heterocycles. The lowest BCUT2D eigenvalue weighted by molar-refractivity contribution is 0.203. The third-order valence-electron chi connectivity index (χ3n) is 5.88. The third kappa shape index (κ3) is 6.60. The van der Waals surface area contributed by atoms with E-state index in [0.29, 0.717) is 40.3 Å². The van der Waals surface area contributed by atoms with E-state index >= 15 is 0 Å². The van der Waals surface area contributed by atoms with Crippen molar-refractivity contribution in [2.24, 2.45) is 10.8 Å². The zero-order valence-corrected chi connectivity index (χ0v) is 20.2. The van der Waals surface area contributed by atoms with Crippen molar-refractivity contribution in [3.05, 3.63) is 54.0 Å². The Kier molecular flexibility index (Phi) is 8.51. The number of halogens is 1. The molecule has 1 aliphatic rings. The first-order valence-corrected chi connectivity index (χ1v) is 11.9. The van der Waals surface area contributed by atoms with Crippen LogP contribution in [0.15, 0.2) is 47.7 Å². The predicted octanol–water partition coefficient (Wildman–Crippen LogP) is 4.43. The van der Waals surface area contributed by atoms with Crippen molar-refractivity contribution in [3.8, 4) is 23.0 Å². The van der Waals surface area contributed by atoms with Crippen molar-refractivity contribution in [2.45, 2.75) is 25.7 Å². The number of urea groups is 1. The lowest BCUT2D eigenvalue weighted by Crippen LogP contribution is -2.31. The average molecular weight is 496 g/mol. The van der Waals surface area contributed by atoms with Crippen molar-refractivity contribution < 1.29 is 23.4 Å². The minimum atomic E-state index is -0.808. The van der Waals surface area contributed by atoms with Crippen LogP contribution in [0.1, 0.15) is 31.2 Å². The lowest BCUT2D eigenvalue weighted by Gasteiger charge is -2.26. The summed E-state index contributed by atoms with van der Waals surface area (Å²) in [6.07, 6.45) is 7.66. The van der Waals surface area contributed by atoms with Gasteiger partial charge in [-0.1, -0.05) is 6.42 Å². The summed E-state index contributed by atoms with van der Waals surface area (Å²) in [7, 11) is 1.58. The first-order valence-electron chi connectivity index (χ1n) is 11.9. The Hall–Kier alpha value is -3.92. The number of pyridine rings is 1. The van der Waals surface area contributed by atoms with Crippen LogP contribution in [-0.4, -0.2) is 55.5 Å². The van der Waals surface area contributed by atoms with Crippen LogP contribution in [-0.2, 0) is 0 Å². The maximum Gasteiger partial charge on any atom is 0.332 e. The first kappa shape index (κ1) is 25.2. The Labute approximate surface area is 209 Å². The second kappa shape index (κ2) is 12.2. The van der Waals surface area contributed by atoms with Gasteiger partial charge in [0.15, 0.2) is 23.1 Å². The van der Waals surface area contributed by atoms with Crippen LogP contribution in [0.2, 0.25) is 0 Å². The Balaban J connectivity index is 1.46. The van der Waals surface area contributed by atoms with Crippen molar-refractivity contribution in [2.75, 3.05) is 33.4 Å². The molecule has 0 bridgehead atoms. The van der Waals surface area contributed by atoms with Gasteiger partial charge in [-0.25, -0.2) is 14.6 Å². The number of nitrogens with two attached hydrogens (primary N) is 1. The van der Waals surface area contributed by atoms with Crippen LogP contribution in [0.25, 0.3) is 10.9 Å². The maximum absolute atomic E-state index is 14.7. The zero-order valence-electron chi connectivity index (χ0n) is 20.2. The van der Waals surface area contributed by atoms with E-state index < -0.39 is 11.8 Å². The number of methoxy groups -OCH3 is 1. The molecule has 3 aromatic rings. The van der Waals surface area contributed by atoms with Gasteiger partial charge in [0.2, 0.25) is 0 Å². The first-order chi connectivity index (χ1) is 17.5. The number of ether oxygens (including phenoxy) is 3. The fourth-order valence-electron chi connectivity index (χ4n) is 4.11. The van der Waals surface area contributed by atoms with Gasteiger partial charge in [-0.3, -0.25) is 4.98 Å². The summed E-state index contributed by atoms with van der Waals surface area (Å²) in [4.78, 5) is 17.6. The van der Waals surface area contributed by atoms with Crippen LogP contribution < -0.4 is 25.4 Å². The average Bonchev–Trinajstić information content (AvgIpc) is 2.88. The number of carbonyl (C=O) groups is 1. The molecule has 1 saturated heterocycles. The minimum Gasteiger partial charge on any atom is -0.493 e. The molecule has 0 saturated carbocycles. The van der Waals surface area contributed by atoms with Gasteiger partial charge in [0, 0.05) is 24.2 Å². The van der Waals surface area contributed by atoms with Crippen molar-refractivity contribution in [1.29, 1.82) is 0 Å². The van der Waals surface area contributed by atoms with Crippen LogP contribution in [0.5, 0.6) is 23.0 Å². The van der Waals surface area contributed by atoms with Crippen molar-refractivity contribution in [1.82, 2.24) is 15.3 Å². The summed E-state index contributed by atoms with van der Waals surface area (Å²) in [5.74, 6) is 1.01. The topological polar surface area (TPSA) is 111 Å². The molecule has 0 aliphatic carbocycles. The third-order valence-corrected chi connectivity index (χ3v) is 5.88. The Morgan fingerprint density at radius 3 is 2.72 bits per heavy atom. The van der Waals surface area contributed by atoms with E-state index in [9.17, 15) is 9.18 Å². The molecule has 4 rings (SSSR count). The number of carbonyl (C=O) groups excluding carboxylic acids is 1. The minimum absolute atomic E-state index is 0.0273. The molecule has 9 nitrogen and oxygen atoms in total. The molecule has 0 atom stereocenters. The fraction of sp³-hybridized carbons (Fsp3) is 0.346. The van der Waals surface area contributed by atoms with Gasteiger partial charge >= 0.3 is 6.03 Å². The Morgan fingerprint density at radius 1 is 1.14 bits per heavy atom. The van der Waals surface area contributed by atoms with Gasteiger partial charge in [-0.05, 0) is 68.2 Å². The molecule has 36 heavy (non-hydrogen) atoms. The Morgan fingerprint density at radius 2 is 1.97 bits per heavy atom. The number of benzene rings is 2. The van der Waals surface area contributed by atoms with Gasteiger partial charge < -0.3 is 24.8 Å². The highest BCUT2D eigenvalue weighted by Crippen LogP contribution is 2.37. The fourth-order valence-corrected chi connectivity index (χ4v) is 4.11. The molecule has 3 N–H and O–H groups in total. The summed E-state index contributed by atoms with van der Waals surface area (Å²) >= 11 is 0. The predicted molar refractivity (Wildman–Crippen MR) is 135 cm³/mol. The molecule has 1 aromatic heterocycles. The van der Waals surface area contributed by atoms with E-state index in [1.807, 2.05) is 6.07 Å². The Bertz CT molecular complexity index is 1230. The number of likely N-dealkylation sites (tertiary alicyclic amines) is 1. The standard InChI is InChI=1S/C26H30FN5O4/c1-34-24-15-19-21(16-25(24)35-13-5-12-32-10-3-2-4-11-32)29-9-8-22(19)36-23-7-6-18(14-20(23)27)17-30-31-26(28)33/h6-9,14-17H,2-5,10-13H2,1H3,(H3,28,31,33). The van der Waals surface area contributed by atoms with Crippen LogP contribution in [0.4, 0.5) is 9.18 Å². The largest absolute Gasteiger partial charge is 0.493 e. The smallest absolute Gasteiger partial charge is 0.332 e. The number of primary amides is 1. The highest BCUT2D eigenvalue weighted by Gasteiger charge is 2.14. The summed E-state index contributed by atoms with van der Waals surface area (Å²) in [5, 5.41) is 4.28. The number of rotatable bonds is 10. The van der Waals surface area contributed by atoms with E-state index in [2.05, 4.69) is 20.4 Å². The molecule has 1 fully saturated rings. The lowest BCUT2D eigenvalue weighted by atomic mass is 10.1. The molecular formula is C26H30FN5O4. The van der Waals surface area contributed by atoms with E-state index in [0.717, 1.165) is 26.1 Å². The second-order valence-electron chi connectivity index (χ2n) is 8.46. The molecular weight excluding hydrogens is 465 g/mol. The molecule has 0 spiro atoms. The quantitative estimate of drug-likeness (QED) is 0.245. The normalized spacial score (nSPS) is 14.2. The number of nitrogens with zero attached hydrogens (tertiary/aromatic N) is 3. The molecule has 0 unspecified atom stereocenters. The maximum atomic E-state index is 14.7. The highest BCUT2D eigenvalue weighted by molar-refractivity contribution is 5.88. The molecule has 190 valence electrons. The van der Waals surface area contributed by atoms with E-state index in [1.54, 1.807) is 31.5 Å². The van der Waals surface area contributed by atoms with E-state index in [1.165, 1.54) is 37.6 Å². The van der Waals surface area contributed by atoms with Crippen molar-refractivity contribution >= 4 is 23.1 Å². The van der Waals surface area contributed by atoms with E-state index in [-0.39, 0.29) is 5.75 Å². The SMILES string of the molecule is COc1cc2c(Oc3ccc(C=NNC(N)=O)cc3F)ccnc2cc1OCCCN1CCCCC1. The monoisotopic (exact) mass is 495 g/mol. The van der Waals surface area contributed by atoms with Crippen molar-refractivity contribution in [3.63, 3.8) is 0 Å². The number of hydrogen-bond donors (Lipinski definition) is 2. The number of nitrogens with one attached hydrogen (secondary N) is 1. The second-order valence-corrected chi connectivity index (χ2v) is 8.46. The van der Waals surface area contributed by atoms with Gasteiger partial charge in [0.25, 0.3) is 0 Å². The van der Waals surface area contributed by atoms with Gasteiger partial charge in [0.05, 0.1) is 25.4 Å². The number of fused-ring (bicyclic) bond motifs is 1. The number of hydrazone groups is 1. The summed E-state index contributed by atoms with van der Waals surface area (Å²) < 4.78 is 32.1. The summed E-state index contributed by atoms with van der Waals surface area (Å²) in [6, 6.07) is 8.76. The highest BCUT2D eigenvalue weighted by atomic mass is 19.1. The van der Waals surface area contributed by atoms with Gasteiger partial charge in [-0.15, -0.1) is 0 Å². The number of piperidine rings is 1. The van der Waals surface area contributed by atoms with Gasteiger partial charge in [-0.2, -0.15) is 5.10 Å². The van der Waals surface area contributed by atoms with E-state index in [4.69, 9.17) is 19.9 Å². The van der Waals surface area contributed by atoms with Crippen LogP contribution in [0.3, 0.4) is 0 Å². The van der Waals surface area contributed by atoms with Gasteiger partial charge in [0.1, 0.15) is 5.75 Å². The number of hydrogen-bond acceptors (Lipinski definition) is 7. The summed E-state index contributed by atoms with van der Waals surface area (Å²) in [6.45, 7) is 3.92. The summed E-state index contributed by atoms with van der Waals surface area (Å²) in [5.41, 5.74) is 8.07. The zero-order chi connectivity index (χ0) is 25.3. The molecule has 2 aromatic carbocycles. The molecule has 10 heteroatoms. The molecule has 2 amide bonds. The number of amides is 2. The number of aromatic nitrogens is 1. The van der Waals surface area contributed by atoms with Crippen LogP contribution >= 0.6 is 0 Å². The molecule has 1 aliphatic heterocycles. The molecule has 0 radical (unpaired) electrons.